The molecule has 1 N–H and O–H groups in total. The van der Waals surface area contributed by atoms with E-state index in [1.807, 2.05) is 17.9 Å². The summed E-state index contributed by atoms with van der Waals surface area (Å²) in [6, 6.07) is 1.84. The van der Waals surface area contributed by atoms with E-state index < -0.39 is 0 Å². The maximum atomic E-state index is 12.1. The second-order valence-corrected chi connectivity index (χ2v) is 5.19. The summed E-state index contributed by atoms with van der Waals surface area (Å²) in [5.41, 5.74) is 0.558. The first-order valence-electron chi connectivity index (χ1n) is 5.76. The Morgan fingerprint density at radius 2 is 2.18 bits per heavy atom. The quantitative estimate of drug-likeness (QED) is 0.838. The predicted molar refractivity (Wildman–Crippen MR) is 66.3 cm³/mol. The number of carbonyl (C=O) groups is 1. The zero-order valence-electron chi connectivity index (χ0n) is 9.93. The predicted octanol–water partition coefficient (Wildman–Crippen LogP) is 0.202. The monoisotopic (exact) mass is 255 g/mol. The molecule has 17 heavy (non-hydrogen) atoms. The maximum Gasteiger partial charge on any atom is 0.273 e. The van der Waals surface area contributed by atoms with Crippen molar-refractivity contribution in [2.45, 2.75) is 6.92 Å². The van der Waals surface area contributed by atoms with Gasteiger partial charge in [0.25, 0.3) is 5.91 Å². The Hall–Kier alpha value is -0.980. The SMILES string of the molecule is Cc1cc(C(=O)N2CCN(CCO)CC2)ns1. The third-order valence-corrected chi connectivity index (χ3v) is 3.62. The number of aliphatic hydroxyl groups is 1. The van der Waals surface area contributed by atoms with Crippen LogP contribution < -0.4 is 0 Å². The second-order valence-electron chi connectivity index (χ2n) is 4.18. The molecule has 0 aromatic carbocycles. The van der Waals surface area contributed by atoms with Gasteiger partial charge in [-0.1, -0.05) is 0 Å². The summed E-state index contributed by atoms with van der Waals surface area (Å²) in [4.78, 5) is 17.1. The van der Waals surface area contributed by atoms with Crippen LogP contribution in [0.1, 0.15) is 15.4 Å². The molecule has 1 amide bonds. The van der Waals surface area contributed by atoms with Crippen molar-refractivity contribution in [3.8, 4) is 0 Å². The molecular formula is C11H17N3O2S. The van der Waals surface area contributed by atoms with Crippen molar-refractivity contribution in [1.82, 2.24) is 14.2 Å². The number of aromatic nitrogens is 1. The van der Waals surface area contributed by atoms with Gasteiger partial charge in [-0.05, 0) is 24.5 Å². The third kappa shape index (κ3) is 3.02. The van der Waals surface area contributed by atoms with Gasteiger partial charge in [0, 0.05) is 37.6 Å². The maximum absolute atomic E-state index is 12.1. The molecule has 0 bridgehead atoms. The number of aliphatic hydroxyl groups excluding tert-OH is 1. The fraction of sp³-hybridized carbons (Fsp3) is 0.636. The topological polar surface area (TPSA) is 56.7 Å². The van der Waals surface area contributed by atoms with Gasteiger partial charge in [-0.15, -0.1) is 0 Å². The number of hydrogen-bond donors (Lipinski definition) is 1. The number of rotatable bonds is 3. The molecule has 6 heteroatoms. The van der Waals surface area contributed by atoms with Gasteiger partial charge in [0.15, 0.2) is 0 Å². The largest absolute Gasteiger partial charge is 0.395 e. The van der Waals surface area contributed by atoms with Crippen molar-refractivity contribution < 1.29 is 9.90 Å². The van der Waals surface area contributed by atoms with Crippen LogP contribution in [-0.4, -0.2) is 64.5 Å². The first kappa shape index (κ1) is 12.5. The molecule has 0 spiro atoms. The van der Waals surface area contributed by atoms with Crippen molar-refractivity contribution in [2.24, 2.45) is 0 Å². The van der Waals surface area contributed by atoms with E-state index in [1.165, 1.54) is 11.5 Å². The van der Waals surface area contributed by atoms with Crippen molar-refractivity contribution in [3.05, 3.63) is 16.6 Å². The third-order valence-electron chi connectivity index (χ3n) is 2.92. The van der Waals surface area contributed by atoms with Gasteiger partial charge < -0.3 is 10.0 Å². The normalized spacial score (nSPS) is 17.4. The lowest BCUT2D eigenvalue weighted by molar-refractivity contribution is 0.0610. The Morgan fingerprint density at radius 3 is 2.71 bits per heavy atom. The Kier molecular flexibility index (Phi) is 4.09. The number of aryl methyl sites for hydroxylation is 1. The Balaban J connectivity index is 1.90. The minimum atomic E-state index is 0.0259. The summed E-state index contributed by atoms with van der Waals surface area (Å²) in [7, 11) is 0. The van der Waals surface area contributed by atoms with E-state index in [2.05, 4.69) is 9.27 Å². The van der Waals surface area contributed by atoms with Crippen LogP contribution in [0.25, 0.3) is 0 Å². The van der Waals surface area contributed by atoms with Gasteiger partial charge >= 0.3 is 0 Å². The van der Waals surface area contributed by atoms with Crippen LogP contribution in [0.4, 0.5) is 0 Å². The van der Waals surface area contributed by atoms with Crippen molar-refractivity contribution in [2.75, 3.05) is 39.3 Å². The molecule has 0 radical (unpaired) electrons. The number of carbonyl (C=O) groups excluding carboxylic acids is 1. The molecular weight excluding hydrogens is 238 g/mol. The van der Waals surface area contributed by atoms with Crippen LogP contribution in [0.2, 0.25) is 0 Å². The van der Waals surface area contributed by atoms with Gasteiger partial charge in [-0.2, -0.15) is 4.37 Å². The van der Waals surface area contributed by atoms with E-state index in [4.69, 9.17) is 5.11 Å². The lowest BCUT2D eigenvalue weighted by Crippen LogP contribution is -2.49. The fourth-order valence-electron chi connectivity index (χ4n) is 1.95. The van der Waals surface area contributed by atoms with Crippen LogP contribution in [0.3, 0.4) is 0 Å². The molecule has 2 heterocycles. The summed E-state index contributed by atoms with van der Waals surface area (Å²) in [6.07, 6.45) is 0. The van der Waals surface area contributed by atoms with Crippen LogP contribution in [-0.2, 0) is 0 Å². The number of nitrogens with zero attached hydrogens (tertiary/aromatic N) is 3. The summed E-state index contributed by atoms with van der Waals surface area (Å²) in [5, 5.41) is 8.84. The fourth-order valence-corrected chi connectivity index (χ4v) is 2.48. The number of β-amino-alcohol motifs (C(OH)–C–C–N with tert-alkyl or cyclic N) is 1. The summed E-state index contributed by atoms with van der Waals surface area (Å²) in [6.45, 7) is 5.92. The molecule has 0 saturated carbocycles. The highest BCUT2D eigenvalue weighted by molar-refractivity contribution is 7.05. The number of hydrogen-bond acceptors (Lipinski definition) is 5. The molecule has 1 saturated heterocycles. The molecule has 0 aliphatic carbocycles. The molecule has 2 rings (SSSR count). The molecule has 0 atom stereocenters. The lowest BCUT2D eigenvalue weighted by Gasteiger charge is -2.33. The van der Waals surface area contributed by atoms with Gasteiger partial charge in [0.1, 0.15) is 5.69 Å². The molecule has 0 unspecified atom stereocenters. The molecule has 1 aliphatic rings. The minimum absolute atomic E-state index is 0.0259. The smallest absolute Gasteiger partial charge is 0.273 e. The Morgan fingerprint density at radius 1 is 1.47 bits per heavy atom. The van der Waals surface area contributed by atoms with E-state index in [0.717, 1.165) is 31.1 Å². The summed E-state index contributed by atoms with van der Waals surface area (Å²) < 4.78 is 4.14. The van der Waals surface area contributed by atoms with E-state index in [-0.39, 0.29) is 12.5 Å². The first-order valence-corrected chi connectivity index (χ1v) is 6.54. The molecule has 1 aliphatic heterocycles. The van der Waals surface area contributed by atoms with Crippen LogP contribution >= 0.6 is 11.5 Å². The van der Waals surface area contributed by atoms with Crippen LogP contribution in [0, 0.1) is 6.92 Å². The van der Waals surface area contributed by atoms with Gasteiger partial charge in [0.2, 0.25) is 0 Å². The molecule has 1 aromatic rings. The minimum Gasteiger partial charge on any atom is -0.395 e. The van der Waals surface area contributed by atoms with E-state index in [0.29, 0.717) is 12.2 Å². The van der Waals surface area contributed by atoms with Crippen LogP contribution in [0.15, 0.2) is 6.07 Å². The highest BCUT2D eigenvalue weighted by Gasteiger charge is 2.23. The van der Waals surface area contributed by atoms with E-state index in [9.17, 15) is 4.79 Å². The van der Waals surface area contributed by atoms with E-state index >= 15 is 0 Å². The van der Waals surface area contributed by atoms with Gasteiger partial charge in [0.05, 0.1) is 6.61 Å². The standard InChI is InChI=1S/C11H17N3O2S/c1-9-8-10(12-17-9)11(16)14-4-2-13(3-5-14)6-7-15/h8,15H,2-7H2,1H3. The number of piperazine rings is 1. The average molecular weight is 255 g/mol. The highest BCUT2D eigenvalue weighted by atomic mass is 32.1. The molecule has 94 valence electrons. The molecule has 1 aromatic heterocycles. The number of amides is 1. The van der Waals surface area contributed by atoms with Gasteiger partial charge in [-0.3, -0.25) is 9.69 Å². The first-order chi connectivity index (χ1) is 8.20. The highest BCUT2D eigenvalue weighted by Crippen LogP contribution is 2.12. The summed E-state index contributed by atoms with van der Waals surface area (Å²) in [5.74, 6) is 0.0259. The van der Waals surface area contributed by atoms with Crippen molar-refractivity contribution >= 4 is 17.4 Å². The van der Waals surface area contributed by atoms with Crippen molar-refractivity contribution in [1.29, 1.82) is 0 Å². The summed E-state index contributed by atoms with van der Waals surface area (Å²) >= 11 is 1.36. The van der Waals surface area contributed by atoms with Crippen LogP contribution in [0.5, 0.6) is 0 Å². The average Bonchev–Trinajstić information content (AvgIpc) is 2.76. The van der Waals surface area contributed by atoms with Gasteiger partial charge in [-0.25, -0.2) is 0 Å². The zero-order chi connectivity index (χ0) is 12.3. The van der Waals surface area contributed by atoms with E-state index in [1.54, 1.807) is 0 Å². The second kappa shape index (κ2) is 5.57. The Bertz CT molecular complexity index is 386. The Labute approximate surface area is 105 Å². The molecule has 5 nitrogen and oxygen atoms in total. The molecule has 1 fully saturated rings. The van der Waals surface area contributed by atoms with Crippen molar-refractivity contribution in [3.63, 3.8) is 0 Å². The lowest BCUT2D eigenvalue weighted by atomic mass is 10.2. The zero-order valence-corrected chi connectivity index (χ0v) is 10.7.